The summed E-state index contributed by atoms with van der Waals surface area (Å²) in [5, 5.41) is 0. The lowest BCUT2D eigenvalue weighted by Crippen LogP contribution is -2.33. The van der Waals surface area contributed by atoms with E-state index in [-0.39, 0.29) is 9.77 Å². The fraction of sp³-hybridized carbons (Fsp3) is 0.350. The number of benzene rings is 2. The van der Waals surface area contributed by atoms with Gasteiger partial charge in [0.05, 0.1) is 15.1 Å². The van der Waals surface area contributed by atoms with Gasteiger partial charge in [0.1, 0.15) is 0 Å². The highest BCUT2D eigenvalue weighted by Gasteiger charge is 2.17. The van der Waals surface area contributed by atoms with Crippen molar-refractivity contribution in [3.05, 3.63) is 63.3 Å². The zero-order valence-corrected chi connectivity index (χ0v) is 17.4. The van der Waals surface area contributed by atoms with Gasteiger partial charge in [0.2, 0.25) is 10.0 Å². The van der Waals surface area contributed by atoms with E-state index in [4.69, 9.17) is 0 Å². The molecular weight excluding hydrogens is 394 g/mol. The fourth-order valence-electron chi connectivity index (χ4n) is 3.62. The molecule has 0 fully saturated rings. The molecular formula is C20H23N3O3S2. The van der Waals surface area contributed by atoms with E-state index in [0.29, 0.717) is 11.2 Å². The Kier molecular flexibility index (Phi) is 5.37. The Hall–Kier alpha value is -2.00. The minimum Gasteiger partial charge on any atom is -0.302 e. The molecule has 8 heteroatoms. The smallest absolute Gasteiger partial charge is 0.302 e. The molecule has 0 radical (unpaired) electrons. The summed E-state index contributed by atoms with van der Waals surface area (Å²) < 4.78 is 30.1. The first-order valence-corrected chi connectivity index (χ1v) is 11.6. The van der Waals surface area contributed by atoms with Crippen LogP contribution in [0.5, 0.6) is 0 Å². The largest absolute Gasteiger partial charge is 0.307 e. The third-order valence-corrected chi connectivity index (χ3v) is 7.68. The molecule has 1 aliphatic rings. The Morgan fingerprint density at radius 1 is 1.14 bits per heavy atom. The molecule has 0 atom stereocenters. The molecule has 2 heterocycles. The van der Waals surface area contributed by atoms with Crippen LogP contribution in [0.4, 0.5) is 0 Å². The summed E-state index contributed by atoms with van der Waals surface area (Å²) in [4.78, 5) is 14.2. The van der Waals surface area contributed by atoms with Crippen molar-refractivity contribution in [2.45, 2.75) is 24.3 Å². The van der Waals surface area contributed by atoms with Crippen molar-refractivity contribution >= 4 is 31.6 Å². The van der Waals surface area contributed by atoms with Crippen LogP contribution in [0.25, 0.3) is 10.2 Å². The molecule has 0 spiro atoms. The van der Waals surface area contributed by atoms with E-state index in [1.807, 2.05) is 0 Å². The van der Waals surface area contributed by atoms with Crippen molar-refractivity contribution in [1.29, 1.82) is 0 Å². The quantitative estimate of drug-likeness (QED) is 0.625. The average molecular weight is 418 g/mol. The van der Waals surface area contributed by atoms with Gasteiger partial charge in [-0.2, -0.15) is 0 Å². The number of rotatable bonds is 6. The molecule has 0 saturated heterocycles. The fourth-order valence-corrected chi connectivity index (χ4v) is 5.71. The van der Waals surface area contributed by atoms with Gasteiger partial charge in [0.25, 0.3) is 0 Å². The first-order valence-electron chi connectivity index (χ1n) is 9.32. The van der Waals surface area contributed by atoms with Crippen molar-refractivity contribution in [3.8, 4) is 0 Å². The lowest BCUT2D eigenvalue weighted by Gasteiger charge is -2.28. The minimum atomic E-state index is -3.58. The number of hydrogen-bond acceptors (Lipinski definition) is 5. The van der Waals surface area contributed by atoms with Crippen LogP contribution < -0.4 is 9.60 Å². The summed E-state index contributed by atoms with van der Waals surface area (Å²) >= 11 is 1.06. The van der Waals surface area contributed by atoms with E-state index in [0.717, 1.165) is 49.3 Å². The minimum absolute atomic E-state index is 0.0967. The van der Waals surface area contributed by atoms with E-state index in [2.05, 4.69) is 33.9 Å². The van der Waals surface area contributed by atoms with Gasteiger partial charge < -0.3 is 4.57 Å². The third kappa shape index (κ3) is 3.91. The van der Waals surface area contributed by atoms with Crippen LogP contribution in [0.2, 0.25) is 0 Å². The molecule has 0 unspecified atom stereocenters. The number of aryl methyl sites for hydroxylation is 1. The lowest BCUT2D eigenvalue weighted by molar-refractivity contribution is 0.251. The number of hydrogen-bond donors (Lipinski definition) is 1. The summed E-state index contributed by atoms with van der Waals surface area (Å²) in [6, 6.07) is 13.3. The van der Waals surface area contributed by atoms with Crippen molar-refractivity contribution in [2.75, 3.05) is 19.6 Å². The summed E-state index contributed by atoms with van der Waals surface area (Å²) in [6.07, 6.45) is 1.80. The zero-order chi connectivity index (χ0) is 19.7. The summed E-state index contributed by atoms with van der Waals surface area (Å²) in [6.45, 7) is 3.18. The molecule has 0 saturated carbocycles. The normalized spacial score (nSPS) is 15.0. The van der Waals surface area contributed by atoms with Crippen molar-refractivity contribution in [1.82, 2.24) is 14.2 Å². The first kappa shape index (κ1) is 19.3. The Balaban J connectivity index is 1.34. The predicted molar refractivity (Wildman–Crippen MR) is 112 cm³/mol. The molecule has 148 valence electrons. The van der Waals surface area contributed by atoms with Gasteiger partial charge in [-0.1, -0.05) is 35.6 Å². The number of sulfonamides is 1. The maximum absolute atomic E-state index is 12.6. The van der Waals surface area contributed by atoms with Gasteiger partial charge in [-0.15, -0.1) is 0 Å². The lowest BCUT2D eigenvalue weighted by atomic mass is 10.00. The van der Waals surface area contributed by atoms with Crippen LogP contribution in [0, 0.1) is 0 Å². The molecule has 1 aromatic heterocycles. The second-order valence-electron chi connectivity index (χ2n) is 7.10. The Morgan fingerprint density at radius 2 is 1.93 bits per heavy atom. The second-order valence-corrected chi connectivity index (χ2v) is 9.86. The highest BCUT2D eigenvalue weighted by molar-refractivity contribution is 7.89. The number of nitrogens with zero attached hydrogens (tertiary/aromatic N) is 2. The van der Waals surface area contributed by atoms with Crippen LogP contribution in [0.15, 0.2) is 52.2 Å². The van der Waals surface area contributed by atoms with E-state index in [1.54, 1.807) is 25.2 Å². The molecule has 4 rings (SSSR count). The van der Waals surface area contributed by atoms with E-state index < -0.39 is 10.0 Å². The highest BCUT2D eigenvalue weighted by atomic mass is 32.2. The van der Waals surface area contributed by atoms with Gasteiger partial charge in [-0.25, -0.2) is 13.1 Å². The van der Waals surface area contributed by atoms with Crippen molar-refractivity contribution in [2.24, 2.45) is 7.05 Å². The Bertz CT molecular complexity index is 1160. The van der Waals surface area contributed by atoms with Gasteiger partial charge >= 0.3 is 4.87 Å². The summed E-state index contributed by atoms with van der Waals surface area (Å²) in [5.41, 5.74) is 3.53. The maximum atomic E-state index is 12.6. The number of fused-ring (bicyclic) bond motifs is 2. The van der Waals surface area contributed by atoms with Crippen LogP contribution in [-0.4, -0.2) is 37.5 Å². The molecule has 0 aliphatic carbocycles. The van der Waals surface area contributed by atoms with Crippen LogP contribution in [0.1, 0.15) is 17.5 Å². The molecule has 28 heavy (non-hydrogen) atoms. The Labute approximate surface area is 168 Å². The highest BCUT2D eigenvalue weighted by Crippen LogP contribution is 2.21. The molecule has 0 amide bonds. The van der Waals surface area contributed by atoms with Gasteiger partial charge in [0.15, 0.2) is 0 Å². The van der Waals surface area contributed by atoms with Crippen molar-refractivity contribution in [3.63, 3.8) is 0 Å². The monoisotopic (exact) mass is 417 g/mol. The molecule has 1 N–H and O–H groups in total. The SMILES string of the molecule is Cn1c(=O)sc2cc(S(=O)(=O)NCCCN3CCc4ccccc4C3)ccc21. The van der Waals surface area contributed by atoms with Crippen LogP contribution >= 0.6 is 11.3 Å². The molecule has 2 aromatic carbocycles. The summed E-state index contributed by atoms with van der Waals surface area (Å²) in [7, 11) is -1.89. The van der Waals surface area contributed by atoms with Crippen LogP contribution in [-0.2, 0) is 30.0 Å². The van der Waals surface area contributed by atoms with Crippen molar-refractivity contribution < 1.29 is 8.42 Å². The van der Waals surface area contributed by atoms with Gasteiger partial charge in [-0.3, -0.25) is 9.69 Å². The molecule has 3 aromatic rings. The van der Waals surface area contributed by atoms with E-state index in [1.165, 1.54) is 15.7 Å². The van der Waals surface area contributed by atoms with E-state index >= 15 is 0 Å². The van der Waals surface area contributed by atoms with E-state index in [9.17, 15) is 13.2 Å². The Morgan fingerprint density at radius 3 is 2.75 bits per heavy atom. The molecule has 1 aliphatic heterocycles. The predicted octanol–water partition coefficient (Wildman–Crippen LogP) is 2.33. The van der Waals surface area contributed by atoms with Gasteiger partial charge in [-0.05, 0) is 48.7 Å². The third-order valence-electron chi connectivity index (χ3n) is 5.23. The standard InChI is InChI=1S/C20H23N3O3S2/c1-22-18-8-7-17(13-19(18)27-20(22)24)28(25,26)21-10-4-11-23-12-9-15-5-2-3-6-16(15)14-23/h2-3,5-8,13,21H,4,9-12,14H2,1H3. The average Bonchev–Trinajstić information content (AvgIpc) is 2.98. The second kappa shape index (κ2) is 7.79. The number of aromatic nitrogens is 1. The van der Waals surface area contributed by atoms with Crippen LogP contribution in [0.3, 0.4) is 0 Å². The molecule has 6 nitrogen and oxygen atoms in total. The van der Waals surface area contributed by atoms with Gasteiger partial charge in [0, 0.05) is 26.7 Å². The zero-order valence-electron chi connectivity index (χ0n) is 15.7. The maximum Gasteiger partial charge on any atom is 0.307 e. The summed E-state index contributed by atoms with van der Waals surface area (Å²) in [5.74, 6) is 0. The number of nitrogens with one attached hydrogen (secondary N) is 1. The topological polar surface area (TPSA) is 71.4 Å². The molecule has 0 bridgehead atoms. The first-order chi connectivity index (χ1) is 13.4. The number of thiazole rings is 1.